The number of amides is 1. The summed E-state index contributed by atoms with van der Waals surface area (Å²) >= 11 is 6.10. The number of ketones is 1. The van der Waals surface area contributed by atoms with Gasteiger partial charge in [-0.05, 0) is 55.2 Å². The van der Waals surface area contributed by atoms with Gasteiger partial charge < -0.3 is 14.5 Å². The fourth-order valence-corrected chi connectivity index (χ4v) is 4.42. The summed E-state index contributed by atoms with van der Waals surface area (Å²) in [7, 11) is 0. The van der Waals surface area contributed by atoms with Gasteiger partial charge >= 0.3 is 5.63 Å². The van der Waals surface area contributed by atoms with E-state index in [1.807, 2.05) is 12.1 Å². The van der Waals surface area contributed by atoms with E-state index < -0.39 is 5.91 Å². The minimum absolute atomic E-state index is 0.253. The SMILES string of the molecule is O=C(COc1ccc2c3c(c(=O)oc2c1)CCC3)Nc1ccc(Cl)cc1C(=O)c1ccccc1. The molecule has 1 amide bonds. The first-order chi connectivity index (χ1) is 16.5. The lowest BCUT2D eigenvalue weighted by atomic mass is 10.0. The molecule has 3 aromatic carbocycles. The molecule has 0 aliphatic heterocycles. The minimum atomic E-state index is -0.445. The van der Waals surface area contributed by atoms with Crippen molar-refractivity contribution in [3.63, 3.8) is 0 Å². The van der Waals surface area contributed by atoms with Crippen molar-refractivity contribution in [3.8, 4) is 5.75 Å². The summed E-state index contributed by atoms with van der Waals surface area (Å²) in [6, 6.07) is 18.7. The lowest BCUT2D eigenvalue weighted by Crippen LogP contribution is -2.21. The van der Waals surface area contributed by atoms with Crippen LogP contribution < -0.4 is 15.7 Å². The van der Waals surface area contributed by atoms with Crippen molar-refractivity contribution in [2.75, 3.05) is 11.9 Å². The van der Waals surface area contributed by atoms with E-state index in [0.29, 0.717) is 27.6 Å². The molecule has 0 atom stereocenters. The summed E-state index contributed by atoms with van der Waals surface area (Å²) < 4.78 is 11.1. The molecule has 1 aliphatic carbocycles. The first-order valence-corrected chi connectivity index (χ1v) is 11.3. The van der Waals surface area contributed by atoms with Crippen LogP contribution in [0.3, 0.4) is 0 Å². The molecule has 0 spiro atoms. The number of anilines is 1. The van der Waals surface area contributed by atoms with Crippen molar-refractivity contribution in [3.05, 3.63) is 104 Å². The van der Waals surface area contributed by atoms with Gasteiger partial charge in [-0.1, -0.05) is 41.9 Å². The number of hydrogen-bond donors (Lipinski definition) is 1. The Hall–Kier alpha value is -3.90. The molecule has 7 heteroatoms. The summed E-state index contributed by atoms with van der Waals surface area (Å²) in [5.41, 5.74) is 3.03. The second-order valence-electron chi connectivity index (χ2n) is 8.08. The van der Waals surface area contributed by atoms with E-state index >= 15 is 0 Å². The first kappa shape index (κ1) is 21.9. The fourth-order valence-electron chi connectivity index (χ4n) is 4.25. The highest BCUT2D eigenvalue weighted by Crippen LogP contribution is 2.30. The smallest absolute Gasteiger partial charge is 0.339 e. The summed E-state index contributed by atoms with van der Waals surface area (Å²) in [4.78, 5) is 37.7. The van der Waals surface area contributed by atoms with Crippen molar-refractivity contribution >= 4 is 39.9 Å². The van der Waals surface area contributed by atoms with Gasteiger partial charge in [0.25, 0.3) is 5.91 Å². The number of hydrogen-bond acceptors (Lipinski definition) is 5. The molecule has 1 aromatic heterocycles. The van der Waals surface area contributed by atoms with Gasteiger partial charge in [0.1, 0.15) is 11.3 Å². The monoisotopic (exact) mass is 473 g/mol. The minimum Gasteiger partial charge on any atom is -0.484 e. The Bertz CT molecular complexity index is 1480. The lowest BCUT2D eigenvalue weighted by Gasteiger charge is -2.12. The van der Waals surface area contributed by atoms with Crippen LogP contribution in [0, 0.1) is 0 Å². The van der Waals surface area contributed by atoms with Gasteiger partial charge in [0.2, 0.25) is 0 Å². The Morgan fingerprint density at radius 2 is 1.76 bits per heavy atom. The average molecular weight is 474 g/mol. The van der Waals surface area contributed by atoms with Gasteiger partial charge in [0.15, 0.2) is 12.4 Å². The van der Waals surface area contributed by atoms with E-state index in [1.165, 1.54) is 6.07 Å². The van der Waals surface area contributed by atoms with E-state index in [-0.39, 0.29) is 23.6 Å². The Morgan fingerprint density at radius 1 is 0.971 bits per heavy atom. The topological polar surface area (TPSA) is 85.6 Å². The predicted octanol–water partition coefficient (Wildman–Crippen LogP) is 5.18. The number of fused-ring (bicyclic) bond motifs is 3. The summed E-state index contributed by atoms with van der Waals surface area (Å²) in [5, 5.41) is 4.01. The van der Waals surface area contributed by atoms with Crippen LogP contribution in [0.25, 0.3) is 11.0 Å². The van der Waals surface area contributed by atoms with Gasteiger partial charge in [-0.2, -0.15) is 0 Å². The van der Waals surface area contributed by atoms with Gasteiger partial charge in [-0.3, -0.25) is 9.59 Å². The highest BCUT2D eigenvalue weighted by Gasteiger charge is 2.20. The Kier molecular flexibility index (Phi) is 5.90. The van der Waals surface area contributed by atoms with E-state index in [2.05, 4.69) is 5.32 Å². The zero-order chi connectivity index (χ0) is 23.7. The Balaban J connectivity index is 1.32. The van der Waals surface area contributed by atoms with E-state index in [9.17, 15) is 14.4 Å². The third-order valence-corrected chi connectivity index (χ3v) is 6.09. The maximum Gasteiger partial charge on any atom is 0.339 e. The number of nitrogens with one attached hydrogen (secondary N) is 1. The molecule has 170 valence electrons. The van der Waals surface area contributed by atoms with Crippen LogP contribution in [-0.4, -0.2) is 18.3 Å². The molecule has 4 aromatic rings. The number of halogens is 1. The number of carbonyl (C=O) groups excluding carboxylic acids is 2. The zero-order valence-corrected chi connectivity index (χ0v) is 18.9. The molecule has 1 aliphatic rings. The molecule has 5 rings (SSSR count). The summed E-state index contributed by atoms with van der Waals surface area (Å²) in [6.07, 6.45) is 2.54. The van der Waals surface area contributed by atoms with Crippen LogP contribution in [0.4, 0.5) is 5.69 Å². The Labute approximate surface area is 200 Å². The van der Waals surface area contributed by atoms with Gasteiger partial charge in [-0.15, -0.1) is 0 Å². The molecule has 6 nitrogen and oxygen atoms in total. The molecule has 0 bridgehead atoms. The average Bonchev–Trinajstić information content (AvgIpc) is 3.35. The van der Waals surface area contributed by atoms with Gasteiger partial charge in [0, 0.05) is 33.2 Å². The van der Waals surface area contributed by atoms with Crippen molar-refractivity contribution in [2.45, 2.75) is 19.3 Å². The largest absolute Gasteiger partial charge is 0.484 e. The maximum atomic E-state index is 12.9. The number of rotatable bonds is 6. The maximum absolute atomic E-state index is 12.9. The normalized spacial score (nSPS) is 12.4. The molecule has 0 fully saturated rings. The van der Waals surface area contributed by atoms with Crippen molar-refractivity contribution < 1.29 is 18.7 Å². The third kappa shape index (κ3) is 4.32. The van der Waals surface area contributed by atoms with Crippen LogP contribution in [0.1, 0.15) is 33.5 Å². The van der Waals surface area contributed by atoms with E-state index in [1.54, 1.807) is 48.5 Å². The van der Waals surface area contributed by atoms with Crippen LogP contribution in [0.2, 0.25) is 5.02 Å². The molecule has 0 saturated heterocycles. The number of carbonyl (C=O) groups is 2. The molecule has 0 unspecified atom stereocenters. The quantitative estimate of drug-likeness (QED) is 0.308. The van der Waals surface area contributed by atoms with Crippen LogP contribution in [0.5, 0.6) is 5.75 Å². The number of ether oxygens (including phenoxy) is 1. The predicted molar refractivity (Wildman–Crippen MR) is 130 cm³/mol. The van der Waals surface area contributed by atoms with Crippen molar-refractivity contribution in [1.82, 2.24) is 0 Å². The molecule has 0 radical (unpaired) electrons. The lowest BCUT2D eigenvalue weighted by molar-refractivity contribution is -0.118. The molecule has 1 heterocycles. The van der Waals surface area contributed by atoms with Gasteiger partial charge in [-0.25, -0.2) is 4.79 Å². The molecule has 34 heavy (non-hydrogen) atoms. The second kappa shape index (κ2) is 9.15. The summed E-state index contributed by atoms with van der Waals surface area (Å²) in [5.74, 6) is -0.295. The van der Waals surface area contributed by atoms with E-state index in [4.69, 9.17) is 20.8 Å². The molecular weight excluding hydrogens is 454 g/mol. The van der Waals surface area contributed by atoms with Crippen LogP contribution in [0.15, 0.2) is 75.9 Å². The molecular formula is C27H20ClNO5. The standard InChI is InChI=1S/C27H20ClNO5/c28-17-9-12-23(22(13-17)26(31)16-5-2-1-3-6-16)29-25(30)15-33-18-10-11-20-19-7-4-8-21(19)27(32)34-24(20)14-18/h1-3,5-6,9-14H,4,7-8,15H2,(H,29,30). The highest BCUT2D eigenvalue weighted by atomic mass is 35.5. The van der Waals surface area contributed by atoms with Gasteiger partial charge in [0.05, 0.1) is 5.69 Å². The summed E-state index contributed by atoms with van der Waals surface area (Å²) in [6.45, 7) is -0.289. The van der Waals surface area contributed by atoms with Crippen molar-refractivity contribution in [1.29, 1.82) is 0 Å². The second-order valence-corrected chi connectivity index (χ2v) is 8.52. The van der Waals surface area contributed by atoms with E-state index in [0.717, 1.165) is 35.8 Å². The highest BCUT2D eigenvalue weighted by molar-refractivity contribution is 6.31. The van der Waals surface area contributed by atoms with Crippen molar-refractivity contribution in [2.24, 2.45) is 0 Å². The number of aryl methyl sites for hydroxylation is 1. The zero-order valence-electron chi connectivity index (χ0n) is 18.1. The fraction of sp³-hybridized carbons (Fsp3) is 0.148. The van der Waals surface area contributed by atoms with Crippen LogP contribution >= 0.6 is 11.6 Å². The third-order valence-electron chi connectivity index (χ3n) is 5.85. The van der Waals surface area contributed by atoms with Crippen LogP contribution in [-0.2, 0) is 17.6 Å². The Morgan fingerprint density at radius 3 is 2.59 bits per heavy atom. The first-order valence-electron chi connectivity index (χ1n) is 10.9. The molecule has 1 N–H and O–H groups in total. The molecule has 0 saturated carbocycles. The number of benzene rings is 3.